The number of halogens is 1. The molecule has 2 N–H and O–H groups in total. The smallest absolute Gasteiger partial charge is 0.322 e. The van der Waals surface area contributed by atoms with Crippen LogP contribution >= 0.6 is 11.3 Å². The monoisotopic (exact) mass is 447 g/mol. The van der Waals surface area contributed by atoms with Crippen molar-refractivity contribution < 1.29 is 19.1 Å². The molecule has 0 spiro atoms. The Morgan fingerprint density at radius 3 is 2.53 bits per heavy atom. The highest BCUT2D eigenvalue weighted by Crippen LogP contribution is 2.53. The van der Waals surface area contributed by atoms with Crippen molar-refractivity contribution >= 4 is 33.6 Å². The zero-order valence-corrected chi connectivity index (χ0v) is 17.7. The van der Waals surface area contributed by atoms with Gasteiger partial charge >= 0.3 is 5.97 Å². The van der Waals surface area contributed by atoms with E-state index in [0.717, 1.165) is 29.4 Å². The number of thiazole rings is 1. The number of benzene rings is 2. The fraction of sp³-hybridized carbons (Fsp3) is 0.167. The predicted molar refractivity (Wildman–Crippen MR) is 119 cm³/mol. The van der Waals surface area contributed by atoms with E-state index in [2.05, 4.69) is 22.4 Å². The number of nitrogens with one attached hydrogen (secondary N) is 1. The first-order chi connectivity index (χ1) is 15.5. The van der Waals surface area contributed by atoms with Crippen LogP contribution in [0.2, 0.25) is 0 Å². The van der Waals surface area contributed by atoms with Crippen molar-refractivity contribution in [2.75, 3.05) is 6.54 Å². The molecule has 0 saturated heterocycles. The molecule has 2 aromatic heterocycles. The first-order valence-electron chi connectivity index (χ1n) is 10.1. The summed E-state index contributed by atoms with van der Waals surface area (Å²) in [5.74, 6) is -2.42. The number of hydrogen-bond donors (Lipinski definition) is 2. The van der Waals surface area contributed by atoms with Crippen LogP contribution in [0.4, 0.5) is 4.39 Å². The number of rotatable bonds is 6. The fourth-order valence-electron chi connectivity index (χ4n) is 3.86. The summed E-state index contributed by atoms with van der Waals surface area (Å²) < 4.78 is 14.8. The highest BCUT2D eigenvalue weighted by Gasteiger charge is 2.47. The van der Waals surface area contributed by atoms with Crippen LogP contribution in [0.25, 0.3) is 20.9 Å². The first-order valence-corrected chi connectivity index (χ1v) is 10.9. The molecule has 6 nitrogen and oxygen atoms in total. The van der Waals surface area contributed by atoms with Crippen LogP contribution in [-0.4, -0.2) is 33.5 Å². The number of aromatic nitrogens is 2. The number of fused-ring (bicyclic) bond motifs is 1. The third-order valence-electron chi connectivity index (χ3n) is 5.68. The van der Waals surface area contributed by atoms with E-state index in [0.29, 0.717) is 10.5 Å². The second-order valence-corrected chi connectivity index (χ2v) is 8.74. The molecule has 1 saturated carbocycles. The quantitative estimate of drug-likeness (QED) is 0.457. The summed E-state index contributed by atoms with van der Waals surface area (Å²) in [5, 5.41) is 11.4. The summed E-state index contributed by atoms with van der Waals surface area (Å²) in [6.45, 7) is -0.529. The zero-order valence-electron chi connectivity index (χ0n) is 16.8. The molecule has 160 valence electrons. The van der Waals surface area contributed by atoms with Gasteiger partial charge < -0.3 is 10.4 Å². The van der Waals surface area contributed by atoms with Gasteiger partial charge in [-0.3, -0.25) is 9.59 Å². The van der Waals surface area contributed by atoms with Gasteiger partial charge in [-0.1, -0.05) is 41.7 Å². The molecule has 1 fully saturated rings. The number of carbonyl (C=O) groups excluding carboxylic acids is 1. The standard InChI is InChI=1S/C24H18FN3O3S/c25-17-12-14(21(31)26-13-20(29)30)6-7-16(17)22-27-18-8-9-19(28-23(18)32-22)24(10-11-24)15-4-2-1-3-5-15/h1-9,12H,10-11,13H2,(H,26,31)(H,29,30). The highest BCUT2D eigenvalue weighted by atomic mass is 32.1. The molecule has 2 heterocycles. The van der Waals surface area contributed by atoms with Crippen molar-refractivity contribution in [1.82, 2.24) is 15.3 Å². The molecule has 32 heavy (non-hydrogen) atoms. The van der Waals surface area contributed by atoms with Crippen LogP contribution in [0.1, 0.15) is 34.5 Å². The normalized spacial score (nSPS) is 14.3. The summed E-state index contributed by atoms with van der Waals surface area (Å²) in [5.41, 5.74) is 3.20. The van der Waals surface area contributed by atoms with Crippen LogP contribution in [0.3, 0.4) is 0 Å². The molecule has 4 aromatic rings. The Morgan fingerprint density at radius 1 is 1.06 bits per heavy atom. The first kappa shape index (κ1) is 20.3. The molecule has 1 aliphatic rings. The van der Waals surface area contributed by atoms with Crippen molar-refractivity contribution in [3.63, 3.8) is 0 Å². The maximum Gasteiger partial charge on any atom is 0.322 e. The molecule has 1 aliphatic carbocycles. The number of carboxylic acid groups (broad SMARTS) is 1. The number of nitrogens with zero attached hydrogens (tertiary/aromatic N) is 2. The Bertz CT molecular complexity index is 1350. The molecular formula is C24H18FN3O3S. The number of hydrogen-bond acceptors (Lipinski definition) is 5. The minimum Gasteiger partial charge on any atom is -0.480 e. The van der Waals surface area contributed by atoms with Crippen molar-refractivity contribution in [2.45, 2.75) is 18.3 Å². The Hall–Kier alpha value is -3.65. The van der Waals surface area contributed by atoms with Crippen molar-refractivity contribution in [3.05, 3.63) is 83.3 Å². The van der Waals surface area contributed by atoms with E-state index in [1.54, 1.807) is 0 Å². The molecule has 1 amide bonds. The van der Waals surface area contributed by atoms with Gasteiger partial charge in [-0.25, -0.2) is 14.4 Å². The molecule has 0 unspecified atom stereocenters. The SMILES string of the molecule is O=C(O)CNC(=O)c1ccc(-c2nc3ccc(C4(c5ccccc5)CC4)nc3s2)c(F)c1. The molecule has 0 atom stereocenters. The van der Waals surface area contributed by atoms with Crippen LogP contribution in [0, 0.1) is 5.82 Å². The Kier molecular flexibility index (Phi) is 4.94. The van der Waals surface area contributed by atoms with Gasteiger partial charge in [0.05, 0.1) is 5.69 Å². The van der Waals surface area contributed by atoms with Gasteiger partial charge in [0, 0.05) is 16.5 Å². The van der Waals surface area contributed by atoms with E-state index in [-0.39, 0.29) is 16.5 Å². The second-order valence-electron chi connectivity index (χ2n) is 7.76. The summed E-state index contributed by atoms with van der Waals surface area (Å²) in [7, 11) is 0. The van der Waals surface area contributed by atoms with E-state index >= 15 is 0 Å². The summed E-state index contributed by atoms with van der Waals surface area (Å²) in [6.07, 6.45) is 2.09. The molecule has 8 heteroatoms. The lowest BCUT2D eigenvalue weighted by atomic mass is 9.92. The van der Waals surface area contributed by atoms with E-state index in [1.807, 2.05) is 30.3 Å². The number of aliphatic carboxylic acids is 1. The average molecular weight is 447 g/mol. The lowest BCUT2D eigenvalue weighted by Gasteiger charge is -2.14. The minimum atomic E-state index is -1.17. The maximum absolute atomic E-state index is 14.8. The Morgan fingerprint density at radius 2 is 1.84 bits per heavy atom. The fourth-order valence-corrected chi connectivity index (χ4v) is 4.83. The minimum absolute atomic E-state index is 0.0487. The van der Waals surface area contributed by atoms with Crippen LogP contribution in [-0.2, 0) is 10.2 Å². The highest BCUT2D eigenvalue weighted by molar-refractivity contribution is 7.21. The number of amides is 1. The predicted octanol–water partition coefficient (Wildman–Crippen LogP) is 4.39. The van der Waals surface area contributed by atoms with Gasteiger partial charge in [-0.2, -0.15) is 0 Å². The zero-order chi connectivity index (χ0) is 22.3. The average Bonchev–Trinajstić information content (AvgIpc) is 3.50. The van der Waals surface area contributed by atoms with Crippen molar-refractivity contribution in [2.24, 2.45) is 0 Å². The van der Waals surface area contributed by atoms with Crippen LogP contribution in [0.15, 0.2) is 60.7 Å². The van der Waals surface area contributed by atoms with Gasteiger partial charge in [0.15, 0.2) is 0 Å². The van der Waals surface area contributed by atoms with E-state index in [4.69, 9.17) is 10.1 Å². The number of carboxylic acids is 1. The van der Waals surface area contributed by atoms with Gasteiger partial charge in [0.1, 0.15) is 27.7 Å². The number of carbonyl (C=O) groups is 2. The Balaban J connectivity index is 1.45. The largest absolute Gasteiger partial charge is 0.480 e. The van der Waals surface area contributed by atoms with Crippen molar-refractivity contribution in [3.8, 4) is 10.6 Å². The topological polar surface area (TPSA) is 92.2 Å². The molecule has 0 aliphatic heterocycles. The van der Waals surface area contributed by atoms with Gasteiger partial charge in [-0.15, -0.1) is 0 Å². The van der Waals surface area contributed by atoms with Gasteiger partial charge in [-0.05, 0) is 48.7 Å². The summed E-state index contributed by atoms with van der Waals surface area (Å²) >= 11 is 1.31. The van der Waals surface area contributed by atoms with Crippen LogP contribution in [0.5, 0.6) is 0 Å². The molecule has 5 rings (SSSR count). The van der Waals surface area contributed by atoms with E-state index in [1.165, 1.54) is 29.0 Å². The lowest BCUT2D eigenvalue weighted by Crippen LogP contribution is -2.29. The maximum atomic E-state index is 14.8. The molecule has 0 radical (unpaired) electrons. The Labute approximate surface area is 186 Å². The molecular weight excluding hydrogens is 429 g/mol. The van der Waals surface area contributed by atoms with Gasteiger partial charge in [0.25, 0.3) is 5.91 Å². The summed E-state index contributed by atoms with van der Waals surface area (Å²) in [4.78, 5) is 32.7. The van der Waals surface area contributed by atoms with Crippen molar-refractivity contribution in [1.29, 1.82) is 0 Å². The molecule has 2 aromatic carbocycles. The summed E-state index contributed by atoms with van der Waals surface area (Å²) in [6, 6.07) is 18.3. The van der Waals surface area contributed by atoms with E-state index in [9.17, 15) is 14.0 Å². The molecule has 0 bridgehead atoms. The number of pyridine rings is 1. The van der Waals surface area contributed by atoms with Crippen LogP contribution < -0.4 is 5.32 Å². The lowest BCUT2D eigenvalue weighted by molar-refractivity contribution is -0.135. The van der Waals surface area contributed by atoms with Gasteiger partial charge in [0.2, 0.25) is 0 Å². The third kappa shape index (κ3) is 3.62. The second kappa shape index (κ2) is 7.80. The third-order valence-corrected chi connectivity index (χ3v) is 6.68. The van der Waals surface area contributed by atoms with E-state index < -0.39 is 24.2 Å².